The van der Waals surface area contributed by atoms with E-state index in [1.54, 1.807) is 6.08 Å². The molecule has 6 heteroatoms. The van der Waals surface area contributed by atoms with Gasteiger partial charge in [-0.05, 0) is 79.0 Å². The minimum atomic E-state index is -4.60. The van der Waals surface area contributed by atoms with Gasteiger partial charge in [0, 0.05) is 22.8 Å². The summed E-state index contributed by atoms with van der Waals surface area (Å²) in [7, 11) is 0. The number of alkyl halides is 6. The summed E-state index contributed by atoms with van der Waals surface area (Å²) in [5.41, 5.74) is 1.79. The normalized spacial score (nSPS) is 26.1. The average Bonchev–Trinajstić information content (AvgIpc) is 3.09. The van der Waals surface area contributed by atoms with Crippen molar-refractivity contribution in [3.63, 3.8) is 0 Å². The number of hydrogen-bond acceptors (Lipinski definition) is 0. The Bertz CT molecular complexity index is 2300. The Labute approximate surface area is 286 Å². The van der Waals surface area contributed by atoms with Gasteiger partial charge in [0.2, 0.25) is 0 Å². The predicted molar refractivity (Wildman–Crippen MR) is 188 cm³/mol. The van der Waals surface area contributed by atoms with Gasteiger partial charge in [0.25, 0.3) is 0 Å². The van der Waals surface area contributed by atoms with Crippen LogP contribution in [0.4, 0.5) is 26.3 Å². The van der Waals surface area contributed by atoms with Crippen molar-refractivity contribution in [2.24, 2.45) is 17.3 Å². The van der Waals surface area contributed by atoms with Crippen molar-refractivity contribution in [3.8, 4) is 0 Å². The zero-order valence-electron chi connectivity index (χ0n) is 27.5. The molecule has 4 aliphatic carbocycles. The van der Waals surface area contributed by atoms with Crippen LogP contribution in [-0.4, -0.2) is 12.4 Å². The van der Waals surface area contributed by atoms with Crippen LogP contribution in [0.15, 0.2) is 144 Å². The summed E-state index contributed by atoms with van der Waals surface area (Å²) in [5.74, 6) is -0.882. The molecule has 8 rings (SSSR count). The summed E-state index contributed by atoms with van der Waals surface area (Å²) in [6, 6.07) is 29.5. The van der Waals surface area contributed by atoms with Gasteiger partial charge in [-0.15, -0.1) is 0 Å². The fourth-order valence-corrected chi connectivity index (χ4v) is 8.77. The van der Waals surface area contributed by atoms with E-state index in [0.29, 0.717) is 22.3 Å². The van der Waals surface area contributed by atoms with Crippen molar-refractivity contribution in [2.75, 3.05) is 0 Å². The van der Waals surface area contributed by atoms with Crippen LogP contribution in [-0.2, 0) is 0 Å². The second-order valence-corrected chi connectivity index (χ2v) is 14.1. The highest BCUT2D eigenvalue weighted by Crippen LogP contribution is 2.63. The molecule has 0 aromatic heterocycles. The zero-order chi connectivity index (χ0) is 35.0. The molecule has 252 valence electrons. The molecule has 5 unspecified atom stereocenters. The van der Waals surface area contributed by atoms with Gasteiger partial charge in [0.1, 0.15) is 0 Å². The van der Waals surface area contributed by atoms with E-state index in [1.807, 2.05) is 85.8 Å². The van der Waals surface area contributed by atoms with E-state index in [9.17, 15) is 26.3 Å². The Hall–Kier alpha value is -4.84. The van der Waals surface area contributed by atoms with Gasteiger partial charge in [-0.3, -0.25) is 0 Å². The van der Waals surface area contributed by atoms with Crippen LogP contribution in [0.2, 0.25) is 0 Å². The van der Waals surface area contributed by atoms with Gasteiger partial charge >= 0.3 is 12.4 Å². The van der Waals surface area contributed by atoms with Crippen LogP contribution < -0.4 is 10.4 Å². The highest BCUT2D eigenvalue weighted by Gasteiger charge is 2.52. The van der Waals surface area contributed by atoms with Crippen molar-refractivity contribution >= 4 is 28.5 Å². The molecule has 0 saturated carbocycles. The van der Waals surface area contributed by atoms with Crippen molar-refractivity contribution in [3.05, 3.63) is 171 Å². The molecular weight excluding hydrogens is 642 g/mol. The number of allylic oxidation sites excluding steroid dienone is 10. The molecule has 0 saturated heterocycles. The SMILES string of the molecule is CC1C=c2ccccc2=CC1c1ccc(C2C3CC(C(F)(F)F)=CC=C3C(c3cccc4ccccc34)=C3C=C(C(F)(F)F)C=CC32C)cc1. The van der Waals surface area contributed by atoms with E-state index in [0.717, 1.165) is 39.3 Å². The molecule has 50 heavy (non-hydrogen) atoms. The molecule has 0 N–H and O–H groups in total. The highest BCUT2D eigenvalue weighted by atomic mass is 19.4. The summed E-state index contributed by atoms with van der Waals surface area (Å²) < 4.78 is 86.4. The number of rotatable bonds is 3. The van der Waals surface area contributed by atoms with Crippen molar-refractivity contribution in [1.29, 1.82) is 0 Å². The average molecular weight is 677 g/mol. The quantitative estimate of drug-likeness (QED) is 0.190. The molecule has 0 aliphatic heterocycles. The van der Waals surface area contributed by atoms with Crippen LogP contribution in [0.5, 0.6) is 0 Å². The van der Waals surface area contributed by atoms with Gasteiger partial charge in [-0.1, -0.05) is 141 Å². The van der Waals surface area contributed by atoms with Gasteiger partial charge in [0.15, 0.2) is 0 Å². The van der Waals surface area contributed by atoms with Gasteiger partial charge in [-0.25, -0.2) is 0 Å². The van der Waals surface area contributed by atoms with Gasteiger partial charge in [-0.2, -0.15) is 26.3 Å². The first kappa shape index (κ1) is 32.4. The lowest BCUT2D eigenvalue weighted by molar-refractivity contribution is -0.0959. The van der Waals surface area contributed by atoms with E-state index in [4.69, 9.17) is 0 Å². The smallest absolute Gasteiger partial charge is 0.166 e. The van der Waals surface area contributed by atoms with E-state index in [1.165, 1.54) is 17.4 Å². The first-order chi connectivity index (χ1) is 23.8. The highest BCUT2D eigenvalue weighted by molar-refractivity contribution is 6.00. The molecule has 0 radical (unpaired) electrons. The fourth-order valence-electron chi connectivity index (χ4n) is 8.77. The number of hydrogen-bond donors (Lipinski definition) is 0. The first-order valence-corrected chi connectivity index (χ1v) is 16.9. The zero-order valence-corrected chi connectivity index (χ0v) is 27.5. The van der Waals surface area contributed by atoms with E-state index in [2.05, 4.69) is 31.2 Å². The Kier molecular flexibility index (Phi) is 7.52. The summed E-state index contributed by atoms with van der Waals surface area (Å²) in [4.78, 5) is 0. The van der Waals surface area contributed by atoms with Crippen LogP contribution >= 0.6 is 0 Å². The van der Waals surface area contributed by atoms with Crippen LogP contribution in [0.3, 0.4) is 0 Å². The fraction of sp³-hybridized carbons (Fsp3) is 0.227. The molecule has 0 bridgehead atoms. The van der Waals surface area contributed by atoms with E-state index in [-0.39, 0.29) is 18.3 Å². The Balaban J connectivity index is 1.34. The molecule has 0 amide bonds. The van der Waals surface area contributed by atoms with E-state index < -0.39 is 40.7 Å². The molecule has 4 aromatic rings. The Morgan fingerprint density at radius 3 is 2.08 bits per heavy atom. The molecule has 5 atom stereocenters. The molecule has 0 heterocycles. The maximum Gasteiger partial charge on any atom is 0.416 e. The lowest BCUT2D eigenvalue weighted by atomic mass is 9.52. The van der Waals surface area contributed by atoms with Crippen molar-refractivity contribution in [2.45, 2.75) is 44.5 Å². The third-order valence-corrected chi connectivity index (χ3v) is 11.2. The molecule has 4 aromatic carbocycles. The maximum absolute atomic E-state index is 14.4. The lowest BCUT2D eigenvalue weighted by Crippen LogP contribution is -2.40. The minimum absolute atomic E-state index is 0.103. The minimum Gasteiger partial charge on any atom is -0.166 e. The largest absolute Gasteiger partial charge is 0.416 e. The van der Waals surface area contributed by atoms with Crippen LogP contribution in [0, 0.1) is 17.3 Å². The van der Waals surface area contributed by atoms with Crippen LogP contribution in [0.25, 0.3) is 28.5 Å². The molecule has 4 aliphatic rings. The second-order valence-electron chi connectivity index (χ2n) is 14.1. The third-order valence-electron chi connectivity index (χ3n) is 11.2. The summed E-state index contributed by atoms with van der Waals surface area (Å²) in [6.07, 6.45) is 1.63. The number of benzene rings is 4. The summed E-state index contributed by atoms with van der Waals surface area (Å²) in [6.45, 7) is 4.05. The van der Waals surface area contributed by atoms with Crippen molar-refractivity contribution < 1.29 is 26.3 Å². The molecule has 0 spiro atoms. The Morgan fingerprint density at radius 1 is 0.700 bits per heavy atom. The van der Waals surface area contributed by atoms with Crippen LogP contribution in [0.1, 0.15) is 48.8 Å². The summed E-state index contributed by atoms with van der Waals surface area (Å²) in [5, 5.41) is 4.07. The van der Waals surface area contributed by atoms with E-state index >= 15 is 0 Å². The molecular formula is C44H34F6. The Morgan fingerprint density at radius 2 is 1.36 bits per heavy atom. The second kappa shape index (κ2) is 11.6. The number of halogens is 6. The molecule has 0 nitrogen and oxygen atoms in total. The molecule has 0 fully saturated rings. The summed E-state index contributed by atoms with van der Waals surface area (Å²) >= 11 is 0. The van der Waals surface area contributed by atoms with Crippen molar-refractivity contribution in [1.82, 2.24) is 0 Å². The van der Waals surface area contributed by atoms with Gasteiger partial charge in [0.05, 0.1) is 5.57 Å². The number of fused-ring (bicyclic) bond motifs is 4. The topological polar surface area (TPSA) is 0 Å². The third kappa shape index (κ3) is 5.31. The van der Waals surface area contributed by atoms with Gasteiger partial charge < -0.3 is 0 Å². The standard InChI is InChI=1S/C44H34F6/c1-26-22-30-9-3-4-10-31(30)23-37(26)28-14-16-29(17-15-28)41-38-24-32(43(45,46)47)18-19-36(38)40(35-13-7-11-27-8-5-6-12-34(27)35)39-25-33(44(48,49)50)20-21-42(39,41)2/h3-23,25-26,37-38,41H,24H2,1-2H3. The monoisotopic (exact) mass is 676 g/mol. The maximum atomic E-state index is 14.4. The predicted octanol–water partition coefficient (Wildman–Crippen LogP) is 10.9. The first-order valence-electron chi connectivity index (χ1n) is 16.9. The lowest BCUT2D eigenvalue weighted by Gasteiger charge is -2.50.